The van der Waals surface area contributed by atoms with Crippen molar-refractivity contribution < 1.29 is 10.2 Å². The zero-order valence-electron chi connectivity index (χ0n) is 18.1. The van der Waals surface area contributed by atoms with Crippen molar-refractivity contribution >= 4 is 0 Å². The molecule has 2 heteroatoms. The van der Waals surface area contributed by atoms with Crippen LogP contribution in [-0.4, -0.2) is 16.0 Å². The highest BCUT2D eigenvalue weighted by atomic mass is 16.5. The Balaban J connectivity index is 5.76. The lowest BCUT2D eigenvalue weighted by atomic mass is 9.59. The van der Waals surface area contributed by atoms with Crippen LogP contribution >= 0.6 is 0 Å². The normalized spacial score (nSPS) is 13.0. The predicted octanol–water partition coefficient (Wildman–Crippen LogP) is 7.22. The molecular formula is C23H48O2. The second-order valence-electron chi connectivity index (χ2n) is 8.26. The van der Waals surface area contributed by atoms with E-state index in [0.29, 0.717) is 12.3 Å². The molecule has 0 radical (unpaired) electrons. The van der Waals surface area contributed by atoms with Crippen LogP contribution in [0.15, 0.2) is 0 Å². The number of unbranched alkanes of at least 4 members (excludes halogenated alkanes) is 5. The zero-order valence-corrected chi connectivity index (χ0v) is 18.1. The lowest BCUT2D eigenvalue weighted by molar-refractivity contribution is -0.272. The van der Waals surface area contributed by atoms with Crippen LogP contribution in [-0.2, 0) is 0 Å². The van der Waals surface area contributed by atoms with Gasteiger partial charge in [-0.25, -0.2) is 0 Å². The molecule has 0 aromatic heterocycles. The summed E-state index contributed by atoms with van der Waals surface area (Å²) < 4.78 is 0. The van der Waals surface area contributed by atoms with Crippen LogP contribution in [0, 0.1) is 11.3 Å². The average molecular weight is 357 g/mol. The molecule has 0 saturated heterocycles. The van der Waals surface area contributed by atoms with Crippen molar-refractivity contribution in [2.45, 2.75) is 137 Å². The Bertz CT molecular complexity index is 282. The van der Waals surface area contributed by atoms with Crippen LogP contribution in [0.4, 0.5) is 0 Å². The smallest absolute Gasteiger partial charge is 0.168 e. The topological polar surface area (TPSA) is 40.5 Å². The lowest BCUT2D eigenvalue weighted by Crippen LogP contribution is -2.53. The van der Waals surface area contributed by atoms with Gasteiger partial charge in [0, 0.05) is 11.8 Å². The molecule has 0 heterocycles. The monoisotopic (exact) mass is 356 g/mol. The molecule has 0 rings (SSSR count). The van der Waals surface area contributed by atoms with Gasteiger partial charge < -0.3 is 10.2 Å². The Morgan fingerprint density at radius 2 is 0.920 bits per heavy atom. The summed E-state index contributed by atoms with van der Waals surface area (Å²) in [6.07, 6.45) is 16.0. The lowest BCUT2D eigenvalue weighted by Gasteiger charge is -2.50. The van der Waals surface area contributed by atoms with Crippen LogP contribution in [0.25, 0.3) is 0 Å². The molecular weight excluding hydrogens is 308 g/mol. The third-order valence-corrected chi connectivity index (χ3v) is 6.22. The standard InChI is InChI=1S/C23H48O2/c1-6-11-16-21(17-12-7-2)22(18-13-8-3,19-14-9-4)23(24,25)20-15-10-5/h21,24-25H,6-20H2,1-5H3. The Kier molecular flexibility index (Phi) is 14.0. The first-order valence-electron chi connectivity index (χ1n) is 11.4. The first kappa shape index (κ1) is 24.9. The minimum atomic E-state index is -1.51. The second kappa shape index (κ2) is 14.0. The molecule has 0 unspecified atom stereocenters. The summed E-state index contributed by atoms with van der Waals surface area (Å²) >= 11 is 0. The molecule has 2 nitrogen and oxygen atoms in total. The fourth-order valence-corrected chi connectivity index (χ4v) is 4.52. The van der Waals surface area contributed by atoms with Crippen LogP contribution in [0.3, 0.4) is 0 Å². The molecule has 0 bridgehead atoms. The van der Waals surface area contributed by atoms with Gasteiger partial charge in [0.05, 0.1) is 0 Å². The van der Waals surface area contributed by atoms with Crippen LogP contribution in [0.5, 0.6) is 0 Å². The van der Waals surface area contributed by atoms with Gasteiger partial charge in [-0.2, -0.15) is 0 Å². The molecule has 0 saturated carbocycles. The van der Waals surface area contributed by atoms with E-state index in [-0.39, 0.29) is 5.41 Å². The maximum Gasteiger partial charge on any atom is 0.168 e. The molecule has 0 aromatic carbocycles. The summed E-state index contributed by atoms with van der Waals surface area (Å²) in [4.78, 5) is 0. The van der Waals surface area contributed by atoms with Crippen molar-refractivity contribution in [2.75, 3.05) is 0 Å². The van der Waals surface area contributed by atoms with E-state index in [9.17, 15) is 10.2 Å². The molecule has 152 valence electrons. The number of aliphatic hydroxyl groups is 2. The van der Waals surface area contributed by atoms with Gasteiger partial charge in [0.2, 0.25) is 0 Å². The molecule has 2 N–H and O–H groups in total. The van der Waals surface area contributed by atoms with E-state index in [2.05, 4.69) is 34.6 Å². The molecule has 0 fully saturated rings. The van der Waals surface area contributed by atoms with Crippen molar-refractivity contribution in [2.24, 2.45) is 11.3 Å². The van der Waals surface area contributed by atoms with Crippen molar-refractivity contribution in [1.29, 1.82) is 0 Å². The largest absolute Gasteiger partial charge is 0.365 e. The molecule has 0 aromatic rings. The van der Waals surface area contributed by atoms with Crippen LogP contribution in [0.2, 0.25) is 0 Å². The maximum absolute atomic E-state index is 11.3. The van der Waals surface area contributed by atoms with Gasteiger partial charge in [-0.3, -0.25) is 0 Å². The van der Waals surface area contributed by atoms with E-state index in [1.807, 2.05) is 0 Å². The van der Waals surface area contributed by atoms with Crippen molar-refractivity contribution in [3.8, 4) is 0 Å². The molecule has 0 aliphatic carbocycles. The van der Waals surface area contributed by atoms with E-state index >= 15 is 0 Å². The third kappa shape index (κ3) is 7.99. The Morgan fingerprint density at radius 1 is 0.560 bits per heavy atom. The van der Waals surface area contributed by atoms with E-state index in [1.165, 1.54) is 25.7 Å². The fraction of sp³-hybridized carbons (Fsp3) is 1.00. The van der Waals surface area contributed by atoms with Gasteiger partial charge in [-0.05, 0) is 38.0 Å². The molecule has 0 aliphatic heterocycles. The van der Waals surface area contributed by atoms with Crippen LogP contribution in [0.1, 0.15) is 131 Å². The summed E-state index contributed by atoms with van der Waals surface area (Å²) in [5, 5.41) is 22.7. The van der Waals surface area contributed by atoms with Gasteiger partial charge >= 0.3 is 0 Å². The minimum Gasteiger partial charge on any atom is -0.365 e. The minimum absolute atomic E-state index is 0.321. The summed E-state index contributed by atoms with van der Waals surface area (Å²) in [5.74, 6) is -1.07. The zero-order chi connectivity index (χ0) is 19.2. The number of rotatable bonds is 17. The highest BCUT2D eigenvalue weighted by Gasteiger charge is 2.51. The van der Waals surface area contributed by atoms with Crippen molar-refractivity contribution in [1.82, 2.24) is 0 Å². The SMILES string of the molecule is CCCCC(CCCC)C(CCCC)(CCCC)C(O)(O)CCCC. The van der Waals surface area contributed by atoms with Crippen molar-refractivity contribution in [3.05, 3.63) is 0 Å². The summed E-state index contributed by atoms with van der Waals surface area (Å²) in [6.45, 7) is 11.1. The van der Waals surface area contributed by atoms with Crippen molar-refractivity contribution in [3.63, 3.8) is 0 Å². The highest BCUT2D eigenvalue weighted by Crippen LogP contribution is 2.52. The second-order valence-corrected chi connectivity index (χ2v) is 8.26. The van der Waals surface area contributed by atoms with E-state index in [4.69, 9.17) is 0 Å². The Labute approximate surface area is 158 Å². The average Bonchev–Trinajstić information content (AvgIpc) is 2.61. The van der Waals surface area contributed by atoms with Gasteiger partial charge in [-0.15, -0.1) is 0 Å². The number of hydrogen-bond acceptors (Lipinski definition) is 2. The van der Waals surface area contributed by atoms with Crippen LogP contribution < -0.4 is 0 Å². The summed E-state index contributed by atoms with van der Waals surface area (Å²) in [6, 6.07) is 0. The summed E-state index contributed by atoms with van der Waals surface area (Å²) in [5.41, 5.74) is -0.321. The molecule has 25 heavy (non-hydrogen) atoms. The summed E-state index contributed by atoms with van der Waals surface area (Å²) in [7, 11) is 0. The first-order chi connectivity index (χ1) is 12.0. The molecule has 0 aliphatic rings. The number of hydrogen-bond donors (Lipinski definition) is 2. The molecule has 0 atom stereocenters. The van der Waals surface area contributed by atoms with E-state index in [0.717, 1.165) is 64.2 Å². The molecule has 0 spiro atoms. The fourth-order valence-electron chi connectivity index (χ4n) is 4.52. The Hall–Kier alpha value is -0.0800. The highest BCUT2D eigenvalue weighted by molar-refractivity contribution is 4.96. The molecule has 0 amide bonds. The van der Waals surface area contributed by atoms with Gasteiger partial charge in [0.25, 0.3) is 0 Å². The van der Waals surface area contributed by atoms with Gasteiger partial charge in [0.15, 0.2) is 5.79 Å². The maximum atomic E-state index is 11.3. The van der Waals surface area contributed by atoms with Gasteiger partial charge in [0.1, 0.15) is 0 Å². The first-order valence-corrected chi connectivity index (χ1v) is 11.4. The Morgan fingerprint density at radius 3 is 1.28 bits per heavy atom. The predicted molar refractivity (Wildman–Crippen MR) is 111 cm³/mol. The third-order valence-electron chi connectivity index (χ3n) is 6.22. The van der Waals surface area contributed by atoms with Gasteiger partial charge in [-0.1, -0.05) is 92.4 Å². The quantitative estimate of drug-likeness (QED) is 0.270. The van der Waals surface area contributed by atoms with E-state index < -0.39 is 5.79 Å². The van der Waals surface area contributed by atoms with E-state index in [1.54, 1.807) is 0 Å².